The predicted molar refractivity (Wildman–Crippen MR) is 71.3 cm³/mol. The Labute approximate surface area is 110 Å². The van der Waals surface area contributed by atoms with E-state index in [0.29, 0.717) is 6.54 Å². The van der Waals surface area contributed by atoms with E-state index >= 15 is 0 Å². The van der Waals surface area contributed by atoms with Gasteiger partial charge in [0, 0.05) is 19.6 Å². The zero-order valence-electron chi connectivity index (χ0n) is 11.7. The molecule has 0 aromatic carbocycles. The molecule has 2 aliphatic heterocycles. The van der Waals surface area contributed by atoms with E-state index in [-0.39, 0.29) is 11.9 Å². The van der Waals surface area contributed by atoms with Crippen molar-refractivity contribution in [3.8, 4) is 0 Å². The van der Waals surface area contributed by atoms with Crippen LogP contribution < -0.4 is 0 Å². The number of carbonyl (C=O) groups is 1. The lowest BCUT2D eigenvalue weighted by Crippen LogP contribution is -2.55. The molecule has 2 rings (SSSR count). The lowest BCUT2D eigenvalue weighted by atomic mass is 9.94. The average molecular weight is 254 g/mol. The van der Waals surface area contributed by atoms with Crippen LogP contribution in [0.4, 0.5) is 0 Å². The summed E-state index contributed by atoms with van der Waals surface area (Å²) >= 11 is 0. The Bertz CT molecular complexity index is 298. The van der Waals surface area contributed by atoms with Crippen molar-refractivity contribution in [1.82, 2.24) is 9.80 Å². The molecule has 0 spiro atoms. The zero-order chi connectivity index (χ0) is 13.2. The van der Waals surface area contributed by atoms with Crippen LogP contribution in [0.2, 0.25) is 0 Å². The summed E-state index contributed by atoms with van der Waals surface area (Å²) in [6, 6.07) is -0.0881. The van der Waals surface area contributed by atoms with Crippen molar-refractivity contribution in [1.29, 1.82) is 0 Å². The van der Waals surface area contributed by atoms with Crippen molar-refractivity contribution in [3.05, 3.63) is 0 Å². The van der Waals surface area contributed by atoms with Crippen molar-refractivity contribution >= 4 is 5.91 Å². The first kappa shape index (κ1) is 13.8. The Balaban J connectivity index is 1.93. The summed E-state index contributed by atoms with van der Waals surface area (Å²) in [5.74, 6) is 0.243. The number of amides is 1. The monoisotopic (exact) mass is 254 g/mol. The molecule has 18 heavy (non-hydrogen) atoms. The maximum Gasteiger partial charge on any atom is 0.239 e. The molecule has 2 fully saturated rings. The van der Waals surface area contributed by atoms with E-state index in [1.807, 2.05) is 18.7 Å². The fourth-order valence-electron chi connectivity index (χ4n) is 3.12. The molecule has 2 unspecified atom stereocenters. The first-order chi connectivity index (χ1) is 8.49. The van der Waals surface area contributed by atoms with Gasteiger partial charge in [-0.3, -0.25) is 9.69 Å². The van der Waals surface area contributed by atoms with Gasteiger partial charge in [-0.25, -0.2) is 0 Å². The van der Waals surface area contributed by atoms with Crippen LogP contribution in [0.25, 0.3) is 0 Å². The van der Waals surface area contributed by atoms with E-state index in [1.165, 1.54) is 6.42 Å². The molecule has 0 aromatic heterocycles. The van der Waals surface area contributed by atoms with Crippen LogP contribution in [-0.4, -0.2) is 58.6 Å². The Morgan fingerprint density at radius 2 is 1.83 bits per heavy atom. The van der Waals surface area contributed by atoms with Gasteiger partial charge in [-0.2, -0.15) is 0 Å². The predicted octanol–water partition coefficient (Wildman–Crippen LogP) is 1.23. The first-order valence-corrected chi connectivity index (χ1v) is 7.25. The van der Waals surface area contributed by atoms with Crippen LogP contribution in [0.1, 0.15) is 46.0 Å². The number of piperidine rings is 2. The van der Waals surface area contributed by atoms with E-state index in [2.05, 4.69) is 4.90 Å². The molecule has 1 N–H and O–H groups in total. The van der Waals surface area contributed by atoms with Crippen LogP contribution in [0.3, 0.4) is 0 Å². The standard InChI is InChI=1S/C14H26N2O2/c1-12(13(17)15-8-4-3-5-9-15)16-10-6-7-14(2,18)11-16/h12,18H,3-11H2,1-2H3. The summed E-state index contributed by atoms with van der Waals surface area (Å²) in [4.78, 5) is 16.5. The fourth-order valence-corrected chi connectivity index (χ4v) is 3.12. The van der Waals surface area contributed by atoms with Crippen molar-refractivity contribution in [2.75, 3.05) is 26.2 Å². The molecule has 1 amide bonds. The molecule has 2 heterocycles. The molecule has 0 aliphatic carbocycles. The Morgan fingerprint density at radius 3 is 2.44 bits per heavy atom. The highest BCUT2D eigenvalue weighted by Crippen LogP contribution is 2.23. The van der Waals surface area contributed by atoms with E-state index < -0.39 is 5.60 Å². The Kier molecular flexibility index (Phi) is 4.28. The first-order valence-electron chi connectivity index (χ1n) is 7.25. The number of carbonyl (C=O) groups excluding carboxylic acids is 1. The number of nitrogens with zero attached hydrogens (tertiary/aromatic N) is 2. The lowest BCUT2D eigenvalue weighted by Gasteiger charge is -2.41. The summed E-state index contributed by atoms with van der Waals surface area (Å²) in [5.41, 5.74) is -0.630. The van der Waals surface area contributed by atoms with Crippen molar-refractivity contribution in [3.63, 3.8) is 0 Å². The summed E-state index contributed by atoms with van der Waals surface area (Å²) in [6.45, 7) is 7.22. The van der Waals surface area contributed by atoms with Gasteiger partial charge in [-0.15, -0.1) is 0 Å². The van der Waals surface area contributed by atoms with E-state index in [1.54, 1.807) is 0 Å². The van der Waals surface area contributed by atoms with Crippen LogP contribution in [0.5, 0.6) is 0 Å². The molecule has 4 heteroatoms. The van der Waals surface area contributed by atoms with Gasteiger partial charge in [-0.05, 0) is 52.5 Å². The molecule has 0 aromatic rings. The van der Waals surface area contributed by atoms with E-state index in [9.17, 15) is 9.90 Å². The summed E-state index contributed by atoms with van der Waals surface area (Å²) in [6.07, 6.45) is 5.34. The van der Waals surface area contributed by atoms with E-state index in [0.717, 1.165) is 45.3 Å². The van der Waals surface area contributed by atoms with Gasteiger partial charge in [0.2, 0.25) is 5.91 Å². The Morgan fingerprint density at radius 1 is 1.17 bits per heavy atom. The molecule has 4 nitrogen and oxygen atoms in total. The molecule has 2 atom stereocenters. The molecule has 2 aliphatic rings. The summed E-state index contributed by atoms with van der Waals surface area (Å²) < 4.78 is 0. The second-order valence-electron chi connectivity index (χ2n) is 6.13. The summed E-state index contributed by atoms with van der Waals surface area (Å²) in [5, 5.41) is 10.1. The number of β-amino-alcohol motifs (C(OH)–C–C–N with tert-alkyl or cyclic N) is 1. The zero-order valence-corrected chi connectivity index (χ0v) is 11.7. The van der Waals surface area contributed by atoms with Gasteiger partial charge in [0.15, 0.2) is 0 Å². The van der Waals surface area contributed by atoms with Gasteiger partial charge in [0.25, 0.3) is 0 Å². The maximum absolute atomic E-state index is 12.4. The molecular weight excluding hydrogens is 228 g/mol. The molecular formula is C14H26N2O2. The topological polar surface area (TPSA) is 43.8 Å². The highest BCUT2D eigenvalue weighted by atomic mass is 16.3. The normalized spacial score (nSPS) is 32.3. The minimum Gasteiger partial charge on any atom is -0.389 e. The van der Waals surface area contributed by atoms with Crippen LogP contribution in [0.15, 0.2) is 0 Å². The third-order valence-electron chi connectivity index (χ3n) is 4.28. The summed E-state index contributed by atoms with van der Waals surface area (Å²) in [7, 11) is 0. The van der Waals surface area contributed by atoms with E-state index in [4.69, 9.17) is 0 Å². The average Bonchev–Trinajstić information content (AvgIpc) is 2.37. The maximum atomic E-state index is 12.4. The van der Waals surface area contributed by atoms with Crippen LogP contribution in [0, 0.1) is 0 Å². The van der Waals surface area contributed by atoms with Crippen LogP contribution in [-0.2, 0) is 4.79 Å². The molecule has 0 radical (unpaired) electrons. The second-order valence-corrected chi connectivity index (χ2v) is 6.13. The number of likely N-dealkylation sites (tertiary alicyclic amines) is 2. The van der Waals surface area contributed by atoms with Crippen molar-refractivity contribution < 1.29 is 9.90 Å². The van der Waals surface area contributed by atoms with Crippen molar-refractivity contribution in [2.45, 2.75) is 57.6 Å². The SMILES string of the molecule is CC(C(=O)N1CCCCC1)N1CCCC(C)(O)C1. The smallest absolute Gasteiger partial charge is 0.239 e. The lowest BCUT2D eigenvalue weighted by molar-refractivity contribution is -0.139. The minimum atomic E-state index is -0.630. The minimum absolute atomic E-state index is 0.0881. The number of rotatable bonds is 2. The molecule has 0 saturated carbocycles. The Hall–Kier alpha value is -0.610. The van der Waals surface area contributed by atoms with Gasteiger partial charge in [0.1, 0.15) is 0 Å². The highest BCUT2D eigenvalue weighted by molar-refractivity contribution is 5.81. The fraction of sp³-hybridized carbons (Fsp3) is 0.929. The number of aliphatic hydroxyl groups is 1. The van der Waals surface area contributed by atoms with Gasteiger partial charge in [0.05, 0.1) is 11.6 Å². The quantitative estimate of drug-likeness (QED) is 0.806. The number of hydrogen-bond donors (Lipinski definition) is 1. The van der Waals surface area contributed by atoms with Gasteiger partial charge >= 0.3 is 0 Å². The third-order valence-corrected chi connectivity index (χ3v) is 4.28. The van der Waals surface area contributed by atoms with Gasteiger partial charge in [-0.1, -0.05) is 0 Å². The van der Waals surface area contributed by atoms with Crippen LogP contribution >= 0.6 is 0 Å². The molecule has 104 valence electrons. The number of hydrogen-bond acceptors (Lipinski definition) is 3. The molecule has 2 saturated heterocycles. The second kappa shape index (κ2) is 5.57. The highest BCUT2D eigenvalue weighted by Gasteiger charge is 2.34. The van der Waals surface area contributed by atoms with Gasteiger partial charge < -0.3 is 10.0 Å². The third kappa shape index (κ3) is 3.23. The largest absolute Gasteiger partial charge is 0.389 e. The van der Waals surface area contributed by atoms with Crippen molar-refractivity contribution in [2.24, 2.45) is 0 Å². The molecule has 0 bridgehead atoms.